The van der Waals surface area contributed by atoms with Gasteiger partial charge in [0.25, 0.3) is 0 Å². The summed E-state index contributed by atoms with van der Waals surface area (Å²) in [5.74, 6) is 3.88. The van der Waals surface area contributed by atoms with Crippen molar-refractivity contribution in [2.24, 2.45) is 5.84 Å². The van der Waals surface area contributed by atoms with E-state index in [-0.39, 0.29) is 6.04 Å². The normalized spacial score (nSPS) is 12.4. The fraction of sp³-hybridized carbons (Fsp3) is 0.267. The van der Waals surface area contributed by atoms with E-state index >= 15 is 0 Å². The Morgan fingerprint density at radius 1 is 1.15 bits per heavy atom. The predicted molar refractivity (Wildman–Crippen MR) is 73.8 cm³/mol. The van der Waals surface area contributed by atoms with Crippen LogP contribution >= 0.6 is 0 Å². The van der Waals surface area contributed by atoms with E-state index in [4.69, 9.17) is 5.84 Å². The van der Waals surface area contributed by atoms with E-state index in [2.05, 4.69) is 10.4 Å². The van der Waals surface area contributed by atoms with Gasteiger partial charge in [0, 0.05) is 11.4 Å². The number of hydrazine groups is 1. The lowest BCUT2D eigenvalue weighted by molar-refractivity contribution is 0.502. The number of halogens is 2. The van der Waals surface area contributed by atoms with Crippen LogP contribution in [0.3, 0.4) is 0 Å². The zero-order valence-corrected chi connectivity index (χ0v) is 11.5. The fourth-order valence-corrected chi connectivity index (χ4v) is 2.23. The molecule has 1 aromatic heterocycles. The molecule has 0 fully saturated rings. The SMILES string of the molecule is Cc1ccc(C(Cc2ccc(F)c(F)c2)NN)c(C)n1. The van der Waals surface area contributed by atoms with Gasteiger partial charge in [-0.1, -0.05) is 12.1 Å². The summed E-state index contributed by atoms with van der Waals surface area (Å²) in [5, 5.41) is 0. The number of nitrogens with zero attached hydrogens (tertiary/aromatic N) is 1. The lowest BCUT2D eigenvalue weighted by Gasteiger charge is -2.18. The van der Waals surface area contributed by atoms with Crippen LogP contribution in [0, 0.1) is 25.5 Å². The topological polar surface area (TPSA) is 50.9 Å². The van der Waals surface area contributed by atoms with Crippen molar-refractivity contribution in [2.75, 3.05) is 0 Å². The van der Waals surface area contributed by atoms with Crippen molar-refractivity contribution >= 4 is 0 Å². The van der Waals surface area contributed by atoms with Crippen molar-refractivity contribution in [2.45, 2.75) is 26.3 Å². The summed E-state index contributed by atoms with van der Waals surface area (Å²) >= 11 is 0. The molecule has 0 aliphatic heterocycles. The van der Waals surface area contributed by atoms with Gasteiger partial charge in [-0.15, -0.1) is 0 Å². The molecular weight excluding hydrogens is 260 g/mol. The van der Waals surface area contributed by atoms with Gasteiger partial charge in [0.05, 0.1) is 6.04 Å². The number of pyridine rings is 1. The van der Waals surface area contributed by atoms with Crippen molar-refractivity contribution in [3.63, 3.8) is 0 Å². The minimum atomic E-state index is -0.850. The summed E-state index contributed by atoms with van der Waals surface area (Å²) in [7, 11) is 0. The Bertz CT molecular complexity index is 614. The second-order valence-electron chi connectivity index (χ2n) is 4.80. The van der Waals surface area contributed by atoms with Crippen LogP contribution in [0.1, 0.15) is 28.6 Å². The number of hydrogen-bond acceptors (Lipinski definition) is 3. The average Bonchev–Trinajstić information content (AvgIpc) is 2.41. The molecule has 0 aliphatic carbocycles. The number of hydrogen-bond donors (Lipinski definition) is 2. The van der Waals surface area contributed by atoms with Crippen LogP contribution in [-0.4, -0.2) is 4.98 Å². The van der Waals surface area contributed by atoms with Crippen LogP contribution < -0.4 is 11.3 Å². The van der Waals surface area contributed by atoms with Gasteiger partial charge >= 0.3 is 0 Å². The van der Waals surface area contributed by atoms with Crippen LogP contribution in [0.15, 0.2) is 30.3 Å². The van der Waals surface area contributed by atoms with Gasteiger partial charge in [-0.3, -0.25) is 16.3 Å². The minimum absolute atomic E-state index is 0.201. The summed E-state index contributed by atoms with van der Waals surface area (Å²) < 4.78 is 26.2. The first-order chi connectivity index (χ1) is 9.51. The highest BCUT2D eigenvalue weighted by Crippen LogP contribution is 2.21. The second-order valence-corrected chi connectivity index (χ2v) is 4.80. The molecule has 0 aliphatic rings. The summed E-state index contributed by atoms with van der Waals surface area (Å²) in [4.78, 5) is 4.39. The van der Waals surface area contributed by atoms with Crippen molar-refractivity contribution in [3.8, 4) is 0 Å². The number of aromatic nitrogens is 1. The summed E-state index contributed by atoms with van der Waals surface area (Å²) in [6.07, 6.45) is 0.458. The molecule has 0 radical (unpaired) electrons. The number of nitrogens with two attached hydrogens (primary N) is 1. The third-order valence-corrected chi connectivity index (χ3v) is 3.27. The van der Waals surface area contributed by atoms with E-state index in [1.54, 1.807) is 6.07 Å². The third kappa shape index (κ3) is 3.18. The van der Waals surface area contributed by atoms with E-state index in [1.165, 1.54) is 6.07 Å². The maximum Gasteiger partial charge on any atom is 0.159 e. The van der Waals surface area contributed by atoms with Gasteiger partial charge in [-0.25, -0.2) is 8.78 Å². The van der Waals surface area contributed by atoms with E-state index in [0.29, 0.717) is 12.0 Å². The predicted octanol–water partition coefficient (Wildman–Crippen LogP) is 2.72. The molecule has 1 unspecified atom stereocenters. The van der Waals surface area contributed by atoms with Crippen molar-refractivity contribution in [1.29, 1.82) is 0 Å². The molecule has 0 amide bonds. The van der Waals surface area contributed by atoms with Crippen LogP contribution in [0.2, 0.25) is 0 Å². The standard InChI is InChI=1S/C15H17F2N3/c1-9-3-5-12(10(2)19-9)15(20-18)8-11-4-6-13(16)14(17)7-11/h3-7,15,20H,8,18H2,1-2H3. The van der Waals surface area contributed by atoms with Crippen molar-refractivity contribution < 1.29 is 8.78 Å². The number of nitrogens with one attached hydrogen (secondary N) is 1. The molecule has 0 saturated heterocycles. The van der Waals surface area contributed by atoms with Gasteiger partial charge < -0.3 is 0 Å². The molecule has 0 saturated carbocycles. The third-order valence-electron chi connectivity index (χ3n) is 3.27. The molecule has 1 heterocycles. The molecule has 0 bridgehead atoms. The first-order valence-electron chi connectivity index (χ1n) is 6.35. The van der Waals surface area contributed by atoms with E-state index in [0.717, 1.165) is 23.0 Å². The number of benzene rings is 1. The van der Waals surface area contributed by atoms with Crippen molar-refractivity contribution in [1.82, 2.24) is 10.4 Å². The van der Waals surface area contributed by atoms with Crippen LogP contribution in [0.4, 0.5) is 8.78 Å². The summed E-state index contributed by atoms with van der Waals surface area (Å²) in [6.45, 7) is 3.81. The zero-order valence-electron chi connectivity index (χ0n) is 11.5. The highest BCUT2D eigenvalue weighted by Gasteiger charge is 2.15. The van der Waals surface area contributed by atoms with Gasteiger partial charge in [0.1, 0.15) is 0 Å². The first kappa shape index (κ1) is 14.6. The van der Waals surface area contributed by atoms with Crippen molar-refractivity contribution in [3.05, 3.63) is 64.5 Å². The lowest BCUT2D eigenvalue weighted by Crippen LogP contribution is -2.30. The molecule has 3 nitrogen and oxygen atoms in total. The Balaban J connectivity index is 2.26. The van der Waals surface area contributed by atoms with E-state index in [1.807, 2.05) is 26.0 Å². The maximum absolute atomic E-state index is 13.2. The summed E-state index contributed by atoms with van der Waals surface area (Å²) in [6, 6.07) is 7.52. The zero-order chi connectivity index (χ0) is 14.7. The second kappa shape index (κ2) is 6.07. The molecule has 106 valence electrons. The largest absolute Gasteiger partial charge is 0.271 e. The monoisotopic (exact) mass is 277 g/mol. The molecular formula is C15H17F2N3. The van der Waals surface area contributed by atoms with Gasteiger partial charge in [-0.2, -0.15) is 0 Å². The summed E-state index contributed by atoms with van der Waals surface area (Å²) in [5.41, 5.74) is 6.12. The first-order valence-corrected chi connectivity index (χ1v) is 6.35. The fourth-order valence-electron chi connectivity index (χ4n) is 2.23. The molecule has 5 heteroatoms. The molecule has 0 spiro atoms. The number of rotatable bonds is 4. The smallest absolute Gasteiger partial charge is 0.159 e. The maximum atomic E-state index is 13.2. The Morgan fingerprint density at radius 3 is 2.50 bits per heavy atom. The molecule has 2 rings (SSSR count). The quantitative estimate of drug-likeness (QED) is 0.667. The Labute approximate surface area is 116 Å². The molecule has 1 atom stereocenters. The van der Waals surface area contributed by atoms with Gasteiger partial charge in [0.2, 0.25) is 0 Å². The Morgan fingerprint density at radius 2 is 1.90 bits per heavy atom. The molecule has 2 aromatic rings. The van der Waals surface area contributed by atoms with Crippen LogP contribution in [0.25, 0.3) is 0 Å². The van der Waals surface area contributed by atoms with Crippen LogP contribution in [0.5, 0.6) is 0 Å². The van der Waals surface area contributed by atoms with E-state index < -0.39 is 11.6 Å². The highest BCUT2D eigenvalue weighted by atomic mass is 19.2. The van der Waals surface area contributed by atoms with E-state index in [9.17, 15) is 8.78 Å². The Hall–Kier alpha value is -1.85. The van der Waals surface area contributed by atoms with Gasteiger partial charge in [0.15, 0.2) is 11.6 Å². The lowest BCUT2D eigenvalue weighted by atomic mass is 9.98. The highest BCUT2D eigenvalue weighted by molar-refractivity contribution is 5.28. The minimum Gasteiger partial charge on any atom is -0.271 e. The van der Waals surface area contributed by atoms with Crippen LogP contribution in [-0.2, 0) is 6.42 Å². The molecule has 3 N–H and O–H groups in total. The molecule has 1 aromatic carbocycles. The Kier molecular flexibility index (Phi) is 4.42. The molecule has 20 heavy (non-hydrogen) atoms. The number of aryl methyl sites for hydroxylation is 2. The van der Waals surface area contributed by atoms with Gasteiger partial charge in [-0.05, 0) is 49.6 Å². The average molecular weight is 277 g/mol.